The SMILES string of the molecule is O=C(NC1(c2ccc(F)cc2)CCC1)c1cc(S(=O)(=O)N2CCOCC2)ccc1Cl. The van der Waals surface area contributed by atoms with Crippen LogP contribution in [0.4, 0.5) is 4.39 Å². The summed E-state index contributed by atoms with van der Waals surface area (Å²) in [5, 5.41) is 3.18. The summed E-state index contributed by atoms with van der Waals surface area (Å²) in [7, 11) is -3.75. The Morgan fingerprint density at radius 1 is 1.10 bits per heavy atom. The molecule has 0 spiro atoms. The number of sulfonamides is 1. The van der Waals surface area contributed by atoms with Gasteiger partial charge in [0.15, 0.2) is 0 Å². The van der Waals surface area contributed by atoms with Gasteiger partial charge in [0.1, 0.15) is 5.82 Å². The summed E-state index contributed by atoms with van der Waals surface area (Å²) >= 11 is 6.24. The summed E-state index contributed by atoms with van der Waals surface area (Å²) in [4.78, 5) is 13.1. The van der Waals surface area contributed by atoms with Crippen LogP contribution in [0.25, 0.3) is 0 Å². The molecule has 1 saturated heterocycles. The molecule has 0 aromatic heterocycles. The summed E-state index contributed by atoms with van der Waals surface area (Å²) in [5.74, 6) is -0.799. The monoisotopic (exact) mass is 452 g/mol. The number of rotatable bonds is 5. The van der Waals surface area contributed by atoms with Gasteiger partial charge >= 0.3 is 0 Å². The van der Waals surface area contributed by atoms with Crippen LogP contribution in [0, 0.1) is 5.82 Å². The largest absolute Gasteiger partial charge is 0.379 e. The van der Waals surface area contributed by atoms with Crippen LogP contribution in [0.1, 0.15) is 35.2 Å². The van der Waals surface area contributed by atoms with Gasteiger partial charge in [0.2, 0.25) is 10.0 Å². The van der Waals surface area contributed by atoms with Crippen LogP contribution >= 0.6 is 11.6 Å². The standard InChI is InChI=1S/C21H22ClFN2O4S/c22-19-7-6-17(30(27,28)25-10-12-29-13-11-25)14-18(19)20(26)24-21(8-1-9-21)15-2-4-16(23)5-3-15/h2-7,14H,1,8-13H2,(H,24,26). The molecule has 9 heteroatoms. The van der Waals surface area contributed by atoms with Crippen molar-refractivity contribution in [3.8, 4) is 0 Å². The van der Waals surface area contributed by atoms with E-state index in [9.17, 15) is 17.6 Å². The molecule has 160 valence electrons. The van der Waals surface area contributed by atoms with Gasteiger partial charge in [0.25, 0.3) is 5.91 Å². The van der Waals surface area contributed by atoms with Gasteiger partial charge in [-0.05, 0) is 55.2 Å². The minimum atomic E-state index is -3.75. The van der Waals surface area contributed by atoms with Gasteiger partial charge in [0, 0.05) is 13.1 Å². The molecular weight excluding hydrogens is 431 g/mol. The molecule has 0 bridgehead atoms. The van der Waals surface area contributed by atoms with E-state index in [0.717, 1.165) is 12.0 Å². The van der Waals surface area contributed by atoms with Gasteiger partial charge in [-0.15, -0.1) is 0 Å². The fraction of sp³-hybridized carbons (Fsp3) is 0.381. The molecule has 2 fully saturated rings. The Bertz CT molecular complexity index is 1050. The summed E-state index contributed by atoms with van der Waals surface area (Å²) in [6.45, 7) is 1.20. The third-order valence-corrected chi connectivity index (χ3v) is 7.97. The highest BCUT2D eigenvalue weighted by atomic mass is 35.5. The molecule has 2 aliphatic rings. The maximum absolute atomic E-state index is 13.3. The molecule has 1 heterocycles. The minimum Gasteiger partial charge on any atom is -0.379 e. The topological polar surface area (TPSA) is 75.7 Å². The predicted molar refractivity (Wildman–Crippen MR) is 110 cm³/mol. The van der Waals surface area contributed by atoms with Gasteiger partial charge in [-0.1, -0.05) is 23.7 Å². The average molecular weight is 453 g/mol. The third kappa shape index (κ3) is 3.97. The number of ether oxygens (including phenoxy) is 1. The second-order valence-corrected chi connectivity index (χ2v) is 9.90. The van der Waals surface area contributed by atoms with Crippen molar-refractivity contribution in [1.29, 1.82) is 0 Å². The number of halogens is 2. The van der Waals surface area contributed by atoms with Crippen LogP contribution in [0.15, 0.2) is 47.4 Å². The first-order valence-electron chi connectivity index (χ1n) is 9.78. The zero-order valence-corrected chi connectivity index (χ0v) is 17.8. The van der Waals surface area contributed by atoms with Crippen molar-refractivity contribution in [3.05, 3.63) is 64.4 Å². The van der Waals surface area contributed by atoms with E-state index in [1.807, 2.05) is 0 Å². The van der Waals surface area contributed by atoms with E-state index in [-0.39, 0.29) is 34.4 Å². The molecule has 0 unspecified atom stereocenters. The Balaban J connectivity index is 1.61. The Kier molecular flexibility index (Phi) is 5.85. The molecule has 1 aliphatic heterocycles. The lowest BCUT2D eigenvalue weighted by Crippen LogP contribution is -2.50. The molecular formula is C21H22ClFN2O4S. The van der Waals surface area contributed by atoms with E-state index in [1.165, 1.54) is 34.6 Å². The molecule has 1 saturated carbocycles. The van der Waals surface area contributed by atoms with E-state index in [1.54, 1.807) is 12.1 Å². The van der Waals surface area contributed by atoms with Crippen LogP contribution in [-0.2, 0) is 20.3 Å². The summed E-state index contributed by atoms with van der Waals surface area (Å²) in [6.07, 6.45) is 2.36. The molecule has 1 amide bonds. The van der Waals surface area contributed by atoms with Crippen LogP contribution in [0.2, 0.25) is 5.02 Å². The van der Waals surface area contributed by atoms with Crippen molar-refractivity contribution < 1.29 is 22.3 Å². The van der Waals surface area contributed by atoms with Crippen LogP contribution < -0.4 is 5.32 Å². The maximum atomic E-state index is 13.3. The van der Waals surface area contributed by atoms with Crippen LogP contribution in [-0.4, -0.2) is 44.9 Å². The Labute approximate surface area is 180 Å². The second-order valence-electron chi connectivity index (χ2n) is 7.55. The first kappa shape index (κ1) is 21.2. The quantitative estimate of drug-likeness (QED) is 0.755. The fourth-order valence-electron chi connectivity index (χ4n) is 3.84. The maximum Gasteiger partial charge on any atom is 0.253 e. The van der Waals surface area contributed by atoms with Gasteiger partial charge in [0.05, 0.1) is 34.2 Å². The lowest BCUT2D eigenvalue weighted by Gasteiger charge is -2.43. The predicted octanol–water partition coefficient (Wildman–Crippen LogP) is 3.31. The first-order chi connectivity index (χ1) is 14.3. The number of benzene rings is 2. The number of hydrogen-bond donors (Lipinski definition) is 1. The number of carbonyl (C=O) groups excluding carboxylic acids is 1. The highest BCUT2D eigenvalue weighted by Gasteiger charge is 2.40. The van der Waals surface area contributed by atoms with Gasteiger partial charge in [-0.3, -0.25) is 4.79 Å². The number of amides is 1. The van der Waals surface area contributed by atoms with E-state index in [2.05, 4.69) is 5.32 Å². The highest BCUT2D eigenvalue weighted by Crippen LogP contribution is 2.41. The number of nitrogens with zero attached hydrogens (tertiary/aromatic N) is 1. The normalized spacial score (nSPS) is 19.1. The molecule has 4 rings (SSSR count). The van der Waals surface area contributed by atoms with E-state index >= 15 is 0 Å². The van der Waals surface area contributed by atoms with Crippen molar-refractivity contribution in [2.24, 2.45) is 0 Å². The molecule has 0 atom stereocenters. The minimum absolute atomic E-state index is 0.0170. The fourth-order valence-corrected chi connectivity index (χ4v) is 5.48. The van der Waals surface area contributed by atoms with Gasteiger partial charge < -0.3 is 10.1 Å². The third-order valence-electron chi connectivity index (χ3n) is 5.75. The first-order valence-corrected chi connectivity index (χ1v) is 11.6. The Morgan fingerprint density at radius 2 is 1.77 bits per heavy atom. The molecule has 2 aromatic carbocycles. The Morgan fingerprint density at radius 3 is 2.37 bits per heavy atom. The lowest BCUT2D eigenvalue weighted by atomic mass is 9.71. The number of nitrogens with one attached hydrogen (secondary N) is 1. The number of carbonyl (C=O) groups is 1. The zero-order chi connectivity index (χ0) is 21.4. The molecule has 6 nitrogen and oxygen atoms in total. The smallest absolute Gasteiger partial charge is 0.253 e. The Hall–Kier alpha value is -2.00. The average Bonchev–Trinajstić information content (AvgIpc) is 2.72. The van der Waals surface area contributed by atoms with Crippen molar-refractivity contribution in [2.45, 2.75) is 29.7 Å². The summed E-state index contributed by atoms with van der Waals surface area (Å²) in [6, 6.07) is 10.2. The lowest BCUT2D eigenvalue weighted by molar-refractivity contribution is 0.0730. The van der Waals surface area contributed by atoms with Crippen molar-refractivity contribution in [3.63, 3.8) is 0 Å². The van der Waals surface area contributed by atoms with Crippen LogP contribution in [0.3, 0.4) is 0 Å². The van der Waals surface area contributed by atoms with Crippen molar-refractivity contribution >= 4 is 27.5 Å². The molecule has 1 aliphatic carbocycles. The summed E-state index contributed by atoms with van der Waals surface area (Å²) in [5.41, 5.74) is 0.309. The van der Waals surface area contributed by atoms with E-state index < -0.39 is 21.5 Å². The van der Waals surface area contributed by atoms with Gasteiger partial charge in [-0.25, -0.2) is 12.8 Å². The highest BCUT2D eigenvalue weighted by molar-refractivity contribution is 7.89. The van der Waals surface area contributed by atoms with Crippen molar-refractivity contribution in [2.75, 3.05) is 26.3 Å². The van der Waals surface area contributed by atoms with Crippen molar-refractivity contribution in [1.82, 2.24) is 9.62 Å². The molecule has 2 aromatic rings. The number of hydrogen-bond acceptors (Lipinski definition) is 4. The molecule has 30 heavy (non-hydrogen) atoms. The van der Waals surface area contributed by atoms with E-state index in [4.69, 9.17) is 16.3 Å². The molecule has 1 N–H and O–H groups in total. The van der Waals surface area contributed by atoms with E-state index in [0.29, 0.717) is 26.1 Å². The summed E-state index contributed by atoms with van der Waals surface area (Å²) < 4.78 is 45.8. The van der Waals surface area contributed by atoms with Crippen LogP contribution in [0.5, 0.6) is 0 Å². The number of morpholine rings is 1. The van der Waals surface area contributed by atoms with Gasteiger partial charge in [-0.2, -0.15) is 4.31 Å². The zero-order valence-electron chi connectivity index (χ0n) is 16.2. The second kappa shape index (κ2) is 8.26. The molecule has 0 radical (unpaired) electrons.